The quantitative estimate of drug-likeness (QED) is 0.486. The molecule has 0 saturated carbocycles. The molecular weight excluding hydrogens is 394 g/mol. The topological polar surface area (TPSA) is 26.3 Å². The number of halogens is 4. The first-order valence-electron chi connectivity index (χ1n) is 6.19. The first kappa shape index (κ1) is 17.0. The van der Waals surface area contributed by atoms with Crippen molar-refractivity contribution in [1.82, 2.24) is 0 Å². The van der Waals surface area contributed by atoms with E-state index in [0.717, 1.165) is 10.5 Å². The summed E-state index contributed by atoms with van der Waals surface area (Å²) in [5.41, 5.74) is 0.928. The maximum atomic E-state index is 13.5. The minimum Gasteiger partial charge on any atom is -0.458 e. The van der Waals surface area contributed by atoms with E-state index < -0.39 is 11.8 Å². The lowest BCUT2D eigenvalue weighted by Crippen LogP contribution is -2.01. The smallest absolute Gasteiger partial charge is 0.331 e. The standard InChI is InChI=1S/C16H10BrCl2FO2/c17-12-3-5-15(20)10(7-12)2-6-16(21)22-9-11-1-4-13(18)8-14(11)19/h1-8H,9H2/b6-2+. The summed E-state index contributed by atoms with van der Waals surface area (Å²) in [6, 6.07) is 9.35. The molecule has 2 nitrogen and oxygen atoms in total. The van der Waals surface area contributed by atoms with Gasteiger partial charge in [-0.3, -0.25) is 0 Å². The fraction of sp³-hybridized carbons (Fsp3) is 0.0625. The van der Waals surface area contributed by atoms with Crippen LogP contribution in [0.2, 0.25) is 10.0 Å². The Balaban J connectivity index is 1.98. The van der Waals surface area contributed by atoms with Crippen molar-refractivity contribution in [3.63, 3.8) is 0 Å². The summed E-state index contributed by atoms with van der Waals surface area (Å²) in [5, 5.41) is 0.924. The van der Waals surface area contributed by atoms with Crippen molar-refractivity contribution in [2.24, 2.45) is 0 Å². The SMILES string of the molecule is O=C(/C=C/c1cc(Br)ccc1F)OCc1ccc(Cl)cc1Cl. The summed E-state index contributed by atoms with van der Waals surface area (Å²) in [5.74, 6) is -1.02. The second-order valence-electron chi connectivity index (χ2n) is 4.34. The van der Waals surface area contributed by atoms with Gasteiger partial charge in [0.25, 0.3) is 0 Å². The minimum atomic E-state index is -0.592. The Morgan fingerprint density at radius 2 is 2.00 bits per heavy atom. The van der Waals surface area contributed by atoms with Gasteiger partial charge in [0.2, 0.25) is 0 Å². The molecule has 0 aliphatic carbocycles. The Bertz CT molecular complexity index is 732. The molecule has 2 aromatic carbocycles. The zero-order valence-corrected chi connectivity index (χ0v) is 14.3. The van der Waals surface area contributed by atoms with E-state index in [1.165, 1.54) is 12.1 Å². The molecule has 2 rings (SSSR count). The Hall–Kier alpha value is -1.36. The van der Waals surface area contributed by atoms with Crippen LogP contribution in [0.25, 0.3) is 6.08 Å². The third kappa shape index (κ3) is 4.83. The zero-order valence-electron chi connectivity index (χ0n) is 11.2. The Morgan fingerprint density at radius 3 is 2.73 bits per heavy atom. The van der Waals surface area contributed by atoms with Crippen LogP contribution in [-0.2, 0) is 16.1 Å². The van der Waals surface area contributed by atoms with E-state index in [1.807, 2.05) is 0 Å². The van der Waals surface area contributed by atoms with E-state index in [4.69, 9.17) is 27.9 Å². The van der Waals surface area contributed by atoms with Crippen LogP contribution in [0.1, 0.15) is 11.1 Å². The van der Waals surface area contributed by atoms with E-state index in [9.17, 15) is 9.18 Å². The maximum Gasteiger partial charge on any atom is 0.331 e. The third-order valence-electron chi connectivity index (χ3n) is 2.74. The first-order chi connectivity index (χ1) is 10.5. The molecule has 0 spiro atoms. The highest BCUT2D eigenvalue weighted by atomic mass is 79.9. The van der Waals surface area contributed by atoms with E-state index in [0.29, 0.717) is 15.6 Å². The highest BCUT2D eigenvalue weighted by Crippen LogP contribution is 2.22. The molecule has 2 aromatic rings. The van der Waals surface area contributed by atoms with Crippen LogP contribution >= 0.6 is 39.1 Å². The zero-order chi connectivity index (χ0) is 16.1. The Labute approximate surface area is 145 Å². The van der Waals surface area contributed by atoms with Crippen molar-refractivity contribution in [3.05, 3.63) is 73.9 Å². The fourth-order valence-electron chi connectivity index (χ4n) is 1.64. The van der Waals surface area contributed by atoms with Crippen molar-refractivity contribution in [2.75, 3.05) is 0 Å². The molecule has 0 aliphatic rings. The lowest BCUT2D eigenvalue weighted by molar-refractivity contribution is -0.138. The van der Waals surface area contributed by atoms with Gasteiger partial charge < -0.3 is 4.74 Å². The summed E-state index contributed by atoms with van der Waals surface area (Å²) >= 11 is 15.0. The van der Waals surface area contributed by atoms with Gasteiger partial charge in [0.1, 0.15) is 12.4 Å². The first-order valence-corrected chi connectivity index (χ1v) is 7.74. The Morgan fingerprint density at radius 1 is 1.23 bits per heavy atom. The maximum absolute atomic E-state index is 13.5. The van der Waals surface area contributed by atoms with Gasteiger partial charge in [0.15, 0.2) is 0 Å². The fourth-order valence-corrected chi connectivity index (χ4v) is 2.48. The molecule has 0 aromatic heterocycles. The lowest BCUT2D eigenvalue weighted by Gasteiger charge is -2.05. The molecule has 6 heteroatoms. The van der Waals surface area contributed by atoms with Crippen molar-refractivity contribution in [1.29, 1.82) is 0 Å². The van der Waals surface area contributed by atoms with E-state index >= 15 is 0 Å². The summed E-state index contributed by atoms with van der Waals surface area (Å²) in [4.78, 5) is 11.7. The summed E-state index contributed by atoms with van der Waals surface area (Å²) in [6.45, 7) is 0.0140. The lowest BCUT2D eigenvalue weighted by atomic mass is 10.2. The summed E-state index contributed by atoms with van der Waals surface area (Å²) < 4.78 is 19.3. The molecule has 0 N–H and O–H groups in total. The second-order valence-corrected chi connectivity index (χ2v) is 6.10. The molecule has 114 valence electrons. The number of esters is 1. The number of benzene rings is 2. The van der Waals surface area contributed by atoms with Crippen molar-refractivity contribution in [2.45, 2.75) is 6.61 Å². The van der Waals surface area contributed by atoms with E-state index in [-0.39, 0.29) is 12.2 Å². The number of hydrogen-bond acceptors (Lipinski definition) is 2. The van der Waals surface area contributed by atoms with Gasteiger partial charge in [-0.15, -0.1) is 0 Å². The molecule has 0 heterocycles. The Kier molecular flexibility index (Phi) is 6.00. The van der Waals surface area contributed by atoms with Crippen LogP contribution in [0, 0.1) is 5.82 Å². The van der Waals surface area contributed by atoms with Gasteiger partial charge in [0, 0.05) is 31.7 Å². The normalized spacial score (nSPS) is 10.9. The van der Waals surface area contributed by atoms with Gasteiger partial charge in [0.05, 0.1) is 0 Å². The van der Waals surface area contributed by atoms with Crippen molar-refractivity contribution < 1.29 is 13.9 Å². The predicted octanol–water partition coefficient (Wildman–Crippen LogP) is 5.65. The molecule has 0 saturated heterocycles. The summed E-state index contributed by atoms with van der Waals surface area (Å²) in [7, 11) is 0. The average molecular weight is 404 g/mol. The van der Waals surface area contributed by atoms with Crippen LogP contribution in [0.4, 0.5) is 4.39 Å². The molecular formula is C16H10BrCl2FO2. The number of rotatable bonds is 4. The molecule has 0 bridgehead atoms. The molecule has 0 amide bonds. The molecule has 0 fully saturated rings. The number of carbonyl (C=O) groups is 1. The van der Waals surface area contributed by atoms with Crippen LogP contribution in [0.3, 0.4) is 0 Å². The van der Waals surface area contributed by atoms with Crippen molar-refractivity contribution in [3.8, 4) is 0 Å². The second kappa shape index (κ2) is 7.77. The van der Waals surface area contributed by atoms with Gasteiger partial charge in [-0.1, -0.05) is 45.2 Å². The number of carbonyl (C=O) groups excluding carboxylic acids is 1. The van der Waals surface area contributed by atoms with Crippen molar-refractivity contribution >= 4 is 51.2 Å². The summed E-state index contributed by atoms with van der Waals surface area (Å²) in [6.07, 6.45) is 2.51. The van der Waals surface area contributed by atoms with Gasteiger partial charge in [-0.25, -0.2) is 9.18 Å². The van der Waals surface area contributed by atoms with Gasteiger partial charge in [-0.2, -0.15) is 0 Å². The number of ether oxygens (including phenoxy) is 1. The van der Waals surface area contributed by atoms with Crippen LogP contribution < -0.4 is 0 Å². The highest BCUT2D eigenvalue weighted by molar-refractivity contribution is 9.10. The average Bonchev–Trinajstić information content (AvgIpc) is 2.47. The molecule has 0 atom stereocenters. The molecule has 0 unspecified atom stereocenters. The predicted molar refractivity (Wildman–Crippen MR) is 89.4 cm³/mol. The van der Waals surface area contributed by atoms with Crippen LogP contribution in [-0.4, -0.2) is 5.97 Å². The van der Waals surface area contributed by atoms with Gasteiger partial charge >= 0.3 is 5.97 Å². The third-order valence-corrected chi connectivity index (χ3v) is 3.82. The minimum absolute atomic E-state index is 0.0140. The van der Waals surface area contributed by atoms with Crippen LogP contribution in [0.15, 0.2) is 46.9 Å². The monoisotopic (exact) mass is 402 g/mol. The van der Waals surface area contributed by atoms with E-state index in [1.54, 1.807) is 30.3 Å². The highest BCUT2D eigenvalue weighted by Gasteiger charge is 2.05. The number of hydrogen-bond donors (Lipinski definition) is 0. The molecule has 0 aliphatic heterocycles. The van der Waals surface area contributed by atoms with Crippen LogP contribution in [0.5, 0.6) is 0 Å². The molecule has 22 heavy (non-hydrogen) atoms. The van der Waals surface area contributed by atoms with Gasteiger partial charge in [-0.05, 0) is 36.4 Å². The van der Waals surface area contributed by atoms with E-state index in [2.05, 4.69) is 15.9 Å². The molecule has 0 radical (unpaired) electrons. The largest absolute Gasteiger partial charge is 0.458 e.